The highest BCUT2D eigenvalue weighted by Gasteiger charge is 2.09. The van der Waals surface area contributed by atoms with Crippen LogP contribution >= 0.6 is 0 Å². The van der Waals surface area contributed by atoms with Crippen LogP contribution in [0.15, 0.2) is 41.3 Å². The number of aliphatic carboxylic acids is 1. The fourth-order valence-electron chi connectivity index (χ4n) is 1.63. The maximum Gasteiger partial charge on any atom is 0.414 e. The van der Waals surface area contributed by atoms with E-state index in [1.165, 1.54) is 0 Å². The van der Waals surface area contributed by atoms with Crippen molar-refractivity contribution in [2.75, 3.05) is 5.32 Å². The quantitative estimate of drug-likeness (QED) is 0.761. The standard InChI is InChI=1S/C14H13N3O5/c18-11(19)6-10-7-15-13(16-12(10)20)17-14(21)22-8-9-4-2-1-3-5-9/h1-5,7H,6,8H2,(H,18,19)(H2,15,16,17,20,21). The Balaban J connectivity index is 1.93. The number of nitrogens with one attached hydrogen (secondary N) is 2. The van der Waals surface area contributed by atoms with Gasteiger partial charge in [0.05, 0.1) is 6.42 Å². The lowest BCUT2D eigenvalue weighted by atomic mass is 10.2. The number of hydrogen-bond donors (Lipinski definition) is 3. The third-order valence-electron chi connectivity index (χ3n) is 2.65. The number of carboxylic acids is 1. The summed E-state index contributed by atoms with van der Waals surface area (Å²) in [5.41, 5.74) is 0.183. The van der Waals surface area contributed by atoms with Gasteiger partial charge in [-0.15, -0.1) is 0 Å². The predicted molar refractivity (Wildman–Crippen MR) is 76.4 cm³/mol. The molecule has 0 saturated heterocycles. The number of carbonyl (C=O) groups is 2. The number of anilines is 1. The van der Waals surface area contributed by atoms with Gasteiger partial charge in [-0.2, -0.15) is 0 Å². The number of nitrogens with zero attached hydrogens (tertiary/aromatic N) is 1. The van der Waals surface area contributed by atoms with Crippen molar-refractivity contribution in [3.8, 4) is 0 Å². The zero-order valence-corrected chi connectivity index (χ0v) is 11.4. The molecule has 0 aliphatic rings. The van der Waals surface area contributed by atoms with Crippen molar-refractivity contribution in [1.82, 2.24) is 9.97 Å². The molecule has 0 fully saturated rings. The molecule has 0 aliphatic carbocycles. The number of ether oxygens (including phenoxy) is 1. The monoisotopic (exact) mass is 303 g/mol. The van der Waals surface area contributed by atoms with Gasteiger partial charge >= 0.3 is 12.1 Å². The molecule has 0 spiro atoms. The normalized spacial score (nSPS) is 10.0. The molecule has 1 heterocycles. The summed E-state index contributed by atoms with van der Waals surface area (Å²) in [6.45, 7) is 0.0774. The maximum atomic E-state index is 11.6. The van der Waals surface area contributed by atoms with Gasteiger partial charge < -0.3 is 9.84 Å². The van der Waals surface area contributed by atoms with Crippen LogP contribution in [0.1, 0.15) is 11.1 Å². The molecule has 114 valence electrons. The Morgan fingerprint density at radius 2 is 2.00 bits per heavy atom. The minimum absolute atomic E-state index is 0.00398. The molecule has 0 atom stereocenters. The van der Waals surface area contributed by atoms with E-state index in [-0.39, 0.29) is 18.1 Å². The molecule has 0 aliphatic heterocycles. The van der Waals surface area contributed by atoms with E-state index < -0.39 is 24.0 Å². The van der Waals surface area contributed by atoms with E-state index in [4.69, 9.17) is 9.84 Å². The van der Waals surface area contributed by atoms with Gasteiger partial charge in [0.15, 0.2) is 0 Å². The number of aromatic nitrogens is 2. The molecule has 2 aromatic rings. The van der Waals surface area contributed by atoms with Gasteiger partial charge in [-0.1, -0.05) is 30.3 Å². The van der Waals surface area contributed by atoms with Crippen LogP contribution in [-0.4, -0.2) is 27.1 Å². The van der Waals surface area contributed by atoms with Gasteiger partial charge in [0.2, 0.25) is 5.95 Å². The number of carbonyl (C=O) groups excluding carboxylic acids is 1. The highest BCUT2D eigenvalue weighted by Crippen LogP contribution is 2.02. The van der Waals surface area contributed by atoms with Gasteiger partial charge in [0, 0.05) is 11.8 Å². The number of H-pyrrole nitrogens is 1. The molecule has 22 heavy (non-hydrogen) atoms. The van der Waals surface area contributed by atoms with Crippen LogP contribution in [0.2, 0.25) is 0 Å². The van der Waals surface area contributed by atoms with E-state index in [0.717, 1.165) is 11.8 Å². The molecule has 8 nitrogen and oxygen atoms in total. The number of rotatable bonds is 5. The summed E-state index contributed by atoms with van der Waals surface area (Å²) in [4.78, 5) is 39.7. The second kappa shape index (κ2) is 7.02. The van der Waals surface area contributed by atoms with E-state index in [1.54, 1.807) is 12.1 Å². The second-order valence-corrected chi connectivity index (χ2v) is 4.34. The maximum absolute atomic E-state index is 11.6. The molecule has 0 bridgehead atoms. The number of benzene rings is 1. The predicted octanol–water partition coefficient (Wildman–Crippen LogP) is 1.15. The van der Waals surface area contributed by atoms with Crippen LogP contribution in [0, 0.1) is 0 Å². The summed E-state index contributed by atoms with van der Waals surface area (Å²) < 4.78 is 4.96. The largest absolute Gasteiger partial charge is 0.481 e. The second-order valence-electron chi connectivity index (χ2n) is 4.34. The first-order valence-electron chi connectivity index (χ1n) is 6.32. The number of amides is 1. The van der Waals surface area contributed by atoms with Crippen LogP contribution in [0.4, 0.5) is 10.7 Å². The molecule has 0 radical (unpaired) electrons. The third-order valence-corrected chi connectivity index (χ3v) is 2.65. The van der Waals surface area contributed by atoms with Crippen LogP contribution < -0.4 is 10.9 Å². The minimum Gasteiger partial charge on any atom is -0.481 e. The van der Waals surface area contributed by atoms with E-state index in [9.17, 15) is 14.4 Å². The van der Waals surface area contributed by atoms with Crippen molar-refractivity contribution in [1.29, 1.82) is 0 Å². The molecule has 1 aromatic heterocycles. The summed E-state index contributed by atoms with van der Waals surface area (Å²) in [7, 11) is 0. The Kier molecular flexibility index (Phi) is 4.86. The Bertz CT molecular complexity index is 727. The van der Waals surface area contributed by atoms with E-state index >= 15 is 0 Å². The lowest BCUT2D eigenvalue weighted by Crippen LogP contribution is -2.22. The molecule has 0 unspecified atom stereocenters. The van der Waals surface area contributed by atoms with Crippen LogP contribution in [0.5, 0.6) is 0 Å². The highest BCUT2D eigenvalue weighted by atomic mass is 16.5. The Labute approximate surface area is 124 Å². The molecular formula is C14H13N3O5. The summed E-state index contributed by atoms with van der Waals surface area (Å²) in [6, 6.07) is 9.08. The first kappa shape index (κ1) is 15.2. The fraction of sp³-hybridized carbons (Fsp3) is 0.143. The van der Waals surface area contributed by atoms with Crippen molar-refractivity contribution in [3.63, 3.8) is 0 Å². The molecule has 0 saturated carbocycles. The Hall–Kier alpha value is -3.16. The van der Waals surface area contributed by atoms with Gasteiger partial charge in [0.25, 0.3) is 5.56 Å². The molecule has 8 heteroatoms. The van der Waals surface area contributed by atoms with Crippen molar-refractivity contribution in [2.45, 2.75) is 13.0 Å². The average Bonchev–Trinajstić information content (AvgIpc) is 2.49. The van der Waals surface area contributed by atoms with Crippen LogP contribution in [0.3, 0.4) is 0 Å². The average molecular weight is 303 g/mol. The topological polar surface area (TPSA) is 121 Å². The van der Waals surface area contributed by atoms with E-state index in [2.05, 4.69) is 15.3 Å². The zero-order valence-electron chi connectivity index (χ0n) is 11.4. The summed E-state index contributed by atoms with van der Waals surface area (Å²) in [6.07, 6.45) is -0.126. The van der Waals surface area contributed by atoms with Crippen LogP contribution in [-0.2, 0) is 22.6 Å². The molecule has 1 aromatic carbocycles. The lowest BCUT2D eigenvalue weighted by Gasteiger charge is -2.06. The Morgan fingerprint density at radius 1 is 1.27 bits per heavy atom. The van der Waals surface area contributed by atoms with Gasteiger partial charge in [0.1, 0.15) is 6.61 Å². The molecular weight excluding hydrogens is 290 g/mol. The third kappa shape index (κ3) is 4.44. The number of aromatic amines is 1. The molecule has 3 N–H and O–H groups in total. The van der Waals surface area contributed by atoms with Crippen molar-refractivity contribution < 1.29 is 19.4 Å². The van der Waals surface area contributed by atoms with Crippen molar-refractivity contribution in [3.05, 3.63) is 58.0 Å². The SMILES string of the molecule is O=C(O)Cc1cnc(NC(=O)OCc2ccccc2)[nH]c1=O. The van der Waals surface area contributed by atoms with Gasteiger partial charge in [-0.3, -0.25) is 19.9 Å². The summed E-state index contributed by atoms with van der Waals surface area (Å²) in [5.74, 6) is -1.26. The Morgan fingerprint density at radius 3 is 2.64 bits per heavy atom. The van der Waals surface area contributed by atoms with Crippen molar-refractivity contribution in [2.24, 2.45) is 0 Å². The zero-order chi connectivity index (χ0) is 15.9. The van der Waals surface area contributed by atoms with Crippen LogP contribution in [0.25, 0.3) is 0 Å². The smallest absolute Gasteiger partial charge is 0.414 e. The highest BCUT2D eigenvalue weighted by molar-refractivity contribution is 5.82. The number of carboxylic acid groups (broad SMARTS) is 1. The first-order chi connectivity index (χ1) is 10.5. The minimum atomic E-state index is -1.14. The fourth-order valence-corrected chi connectivity index (χ4v) is 1.63. The summed E-state index contributed by atoms with van der Waals surface area (Å²) >= 11 is 0. The van der Waals surface area contributed by atoms with Crippen molar-refractivity contribution >= 4 is 18.0 Å². The molecule has 1 amide bonds. The first-order valence-corrected chi connectivity index (χ1v) is 6.32. The summed E-state index contributed by atoms with van der Waals surface area (Å²) in [5, 5.41) is 10.9. The number of hydrogen-bond acceptors (Lipinski definition) is 5. The van der Waals surface area contributed by atoms with E-state index in [1.807, 2.05) is 18.2 Å². The van der Waals surface area contributed by atoms with Gasteiger partial charge in [-0.05, 0) is 5.56 Å². The lowest BCUT2D eigenvalue weighted by molar-refractivity contribution is -0.136. The van der Waals surface area contributed by atoms with Gasteiger partial charge in [-0.25, -0.2) is 9.78 Å². The van der Waals surface area contributed by atoms with E-state index in [0.29, 0.717) is 0 Å². The molecule has 2 rings (SSSR count).